The van der Waals surface area contributed by atoms with Crippen LogP contribution in [0.25, 0.3) is 5.57 Å². The van der Waals surface area contributed by atoms with Crippen LogP contribution in [0.4, 0.5) is 5.69 Å². The largest absolute Gasteiger partial charge is 0.465 e. The Morgan fingerprint density at radius 1 is 1.11 bits per heavy atom. The highest BCUT2D eigenvalue weighted by Gasteiger charge is 2.35. The molecule has 28 heavy (non-hydrogen) atoms. The van der Waals surface area contributed by atoms with Crippen molar-refractivity contribution in [1.29, 1.82) is 0 Å². The molecule has 0 aromatic heterocycles. The zero-order valence-electron chi connectivity index (χ0n) is 16.2. The molecule has 144 valence electrons. The molecule has 0 bridgehead atoms. The molecule has 4 rings (SSSR count). The lowest BCUT2D eigenvalue weighted by molar-refractivity contribution is 0.0600. The minimum absolute atomic E-state index is 0.120. The van der Waals surface area contributed by atoms with E-state index in [1.165, 1.54) is 16.9 Å². The van der Waals surface area contributed by atoms with Crippen LogP contribution in [0.1, 0.15) is 21.5 Å². The van der Waals surface area contributed by atoms with Gasteiger partial charge in [-0.25, -0.2) is 4.79 Å². The van der Waals surface area contributed by atoms with Crippen LogP contribution in [0.3, 0.4) is 0 Å². The number of fused-ring (bicyclic) bond motifs is 2. The van der Waals surface area contributed by atoms with Crippen molar-refractivity contribution in [3.63, 3.8) is 0 Å². The molecule has 1 unspecified atom stereocenters. The first-order valence-corrected chi connectivity index (χ1v) is 11.5. The summed E-state index contributed by atoms with van der Waals surface area (Å²) in [6.07, 6.45) is 10.8. The molecule has 1 heterocycles. The van der Waals surface area contributed by atoms with Gasteiger partial charge in [0.2, 0.25) is 0 Å². The Morgan fingerprint density at radius 2 is 1.86 bits per heavy atom. The molecule has 4 nitrogen and oxygen atoms in total. The molecular weight excluding hydrogens is 368 g/mol. The van der Waals surface area contributed by atoms with Crippen molar-refractivity contribution >= 4 is 27.3 Å². The number of esters is 1. The number of benzene rings is 2. The highest BCUT2D eigenvalue weighted by molar-refractivity contribution is 8.36. The number of hydrogen-bond donors (Lipinski definition) is 2. The van der Waals surface area contributed by atoms with Crippen molar-refractivity contribution in [3.8, 4) is 0 Å². The van der Waals surface area contributed by atoms with Crippen molar-refractivity contribution in [3.05, 3.63) is 87.9 Å². The number of nitrogens with two attached hydrogens (primary N) is 2. The number of rotatable bonds is 2. The predicted molar refractivity (Wildman–Crippen MR) is 118 cm³/mol. The van der Waals surface area contributed by atoms with Gasteiger partial charge in [0, 0.05) is 16.6 Å². The molecule has 1 aliphatic heterocycles. The van der Waals surface area contributed by atoms with Crippen LogP contribution >= 0.6 is 10.0 Å². The number of ether oxygens (including phenoxy) is 1. The van der Waals surface area contributed by atoms with Gasteiger partial charge in [-0.05, 0) is 57.9 Å². The van der Waals surface area contributed by atoms with Crippen LogP contribution in [-0.2, 0) is 4.74 Å². The molecule has 2 aromatic rings. The average molecular weight is 393 g/mol. The number of carbonyl (C=O) groups is 1. The number of allylic oxidation sites excluding steroid dienone is 2. The molecule has 0 fully saturated rings. The molecule has 0 saturated heterocycles. The van der Waals surface area contributed by atoms with Crippen LogP contribution in [0, 0.1) is 0 Å². The number of methoxy groups -OCH3 is 1. The molecule has 0 radical (unpaired) electrons. The molecule has 0 spiro atoms. The summed E-state index contributed by atoms with van der Waals surface area (Å²) in [5, 5.41) is 0. The van der Waals surface area contributed by atoms with Crippen LogP contribution in [-0.4, -0.2) is 31.6 Å². The van der Waals surface area contributed by atoms with E-state index in [0.717, 1.165) is 28.0 Å². The van der Waals surface area contributed by atoms with Gasteiger partial charge in [0.1, 0.15) is 0 Å². The Balaban J connectivity index is 2.11. The second-order valence-electron chi connectivity index (χ2n) is 7.38. The van der Waals surface area contributed by atoms with E-state index in [1.54, 1.807) is 6.07 Å². The second-order valence-corrected chi connectivity index (χ2v) is 10.9. The maximum atomic E-state index is 12.5. The maximum absolute atomic E-state index is 12.5. The predicted octanol–water partition coefficient (Wildman–Crippen LogP) is 4.08. The monoisotopic (exact) mass is 392 g/mol. The van der Waals surface area contributed by atoms with E-state index in [1.807, 2.05) is 30.3 Å². The first-order chi connectivity index (χ1) is 13.3. The third-order valence-corrected chi connectivity index (χ3v) is 8.23. The van der Waals surface area contributed by atoms with Gasteiger partial charge in [0.05, 0.1) is 12.7 Å². The first kappa shape index (κ1) is 18.6. The third-order valence-electron chi connectivity index (χ3n) is 5.34. The smallest absolute Gasteiger partial charge is 0.338 e. The normalized spacial score (nSPS) is 20.7. The van der Waals surface area contributed by atoms with E-state index in [2.05, 4.69) is 36.8 Å². The van der Waals surface area contributed by atoms with Gasteiger partial charge in [-0.1, -0.05) is 42.5 Å². The van der Waals surface area contributed by atoms with Crippen molar-refractivity contribution in [1.82, 2.24) is 0 Å². The minimum atomic E-state index is -1.30. The van der Waals surface area contributed by atoms with Gasteiger partial charge >= 0.3 is 5.97 Å². The lowest BCUT2D eigenvalue weighted by atomic mass is 9.87. The number of nitrogen functional groups attached to an aromatic ring is 1. The van der Waals surface area contributed by atoms with E-state index >= 15 is 0 Å². The molecule has 0 saturated carbocycles. The Hall–Kier alpha value is -2.76. The van der Waals surface area contributed by atoms with Crippen molar-refractivity contribution in [2.45, 2.75) is 10.9 Å². The second kappa shape index (κ2) is 6.69. The summed E-state index contributed by atoms with van der Waals surface area (Å²) in [4.78, 5) is 14.9. The van der Waals surface area contributed by atoms with E-state index < -0.39 is 10.0 Å². The lowest BCUT2D eigenvalue weighted by Gasteiger charge is -2.43. The number of anilines is 1. The van der Waals surface area contributed by atoms with Gasteiger partial charge in [-0.3, -0.25) is 0 Å². The molecule has 2 aliphatic rings. The molecule has 0 amide bonds. The highest BCUT2D eigenvalue weighted by atomic mass is 32.3. The van der Waals surface area contributed by atoms with Gasteiger partial charge in [-0.15, -0.1) is 0 Å². The Bertz CT molecular complexity index is 1080. The summed E-state index contributed by atoms with van der Waals surface area (Å²) in [5.74, 6) is -0.347. The van der Waals surface area contributed by atoms with E-state index in [0.29, 0.717) is 5.56 Å². The summed E-state index contributed by atoms with van der Waals surface area (Å²) in [5.41, 5.74) is 17.8. The maximum Gasteiger partial charge on any atom is 0.338 e. The van der Waals surface area contributed by atoms with Crippen LogP contribution in [0.5, 0.6) is 0 Å². The van der Waals surface area contributed by atoms with Crippen molar-refractivity contribution < 1.29 is 9.53 Å². The summed E-state index contributed by atoms with van der Waals surface area (Å²) >= 11 is 0. The summed E-state index contributed by atoms with van der Waals surface area (Å²) in [6, 6.07) is 13.5. The molecule has 1 atom stereocenters. The molecule has 2 aromatic carbocycles. The highest BCUT2D eigenvalue weighted by Crippen LogP contribution is 2.66. The van der Waals surface area contributed by atoms with Gasteiger partial charge < -0.3 is 16.2 Å². The standard InChI is InChI=1S/C23H24N2O2S/c1-27-23(26)17-7-5-4-6-16(17)22-18-10-8-14(24)12-20(18)28(2,3)21-13-15(25)9-11-19(21)22/h4-14H,24-25H2,1-3H3. The fourth-order valence-electron chi connectivity index (χ4n) is 3.97. The topological polar surface area (TPSA) is 78.3 Å². The van der Waals surface area contributed by atoms with E-state index in [4.69, 9.17) is 16.2 Å². The number of carbonyl (C=O) groups excluding carboxylic acids is 1. The molecule has 4 N–H and O–H groups in total. The molecular formula is C23H24N2O2S. The summed E-state index contributed by atoms with van der Waals surface area (Å²) in [7, 11) is 0.105. The van der Waals surface area contributed by atoms with Gasteiger partial charge in [0.25, 0.3) is 0 Å². The zero-order chi connectivity index (χ0) is 20.1. The SMILES string of the molecule is COC(=O)c1ccccc1C1=C2C=CC(N)C=C2S(C)(C)c2cc(N)ccc21. The molecule has 1 aliphatic carbocycles. The van der Waals surface area contributed by atoms with Crippen LogP contribution < -0.4 is 11.5 Å². The molecule has 5 heteroatoms. The zero-order valence-corrected chi connectivity index (χ0v) is 17.0. The Kier molecular flexibility index (Phi) is 4.44. The lowest BCUT2D eigenvalue weighted by Crippen LogP contribution is -2.22. The van der Waals surface area contributed by atoms with Crippen LogP contribution in [0.2, 0.25) is 0 Å². The van der Waals surface area contributed by atoms with Crippen LogP contribution in [0.15, 0.2) is 76.1 Å². The Labute approximate surface area is 166 Å². The van der Waals surface area contributed by atoms with E-state index in [-0.39, 0.29) is 12.0 Å². The van der Waals surface area contributed by atoms with Crippen molar-refractivity contribution in [2.75, 3.05) is 25.4 Å². The quantitative estimate of drug-likeness (QED) is 0.596. The average Bonchev–Trinajstić information content (AvgIpc) is 2.69. The fourth-order valence-corrected chi connectivity index (χ4v) is 6.58. The number of hydrogen-bond acceptors (Lipinski definition) is 4. The summed E-state index contributed by atoms with van der Waals surface area (Å²) < 4.78 is 5.04. The van der Waals surface area contributed by atoms with Gasteiger partial charge in [0.15, 0.2) is 0 Å². The fraction of sp³-hybridized carbons (Fsp3) is 0.174. The third kappa shape index (κ3) is 2.79. The minimum Gasteiger partial charge on any atom is -0.465 e. The Morgan fingerprint density at radius 3 is 2.61 bits per heavy atom. The summed E-state index contributed by atoms with van der Waals surface area (Å²) in [6.45, 7) is 0. The van der Waals surface area contributed by atoms with E-state index in [9.17, 15) is 4.79 Å². The first-order valence-electron chi connectivity index (χ1n) is 9.06. The van der Waals surface area contributed by atoms with Crippen molar-refractivity contribution in [2.24, 2.45) is 5.73 Å². The van der Waals surface area contributed by atoms with Gasteiger partial charge in [-0.2, -0.15) is 10.0 Å².